The first-order valence-electron chi connectivity index (χ1n) is 6.80. The van der Waals surface area contributed by atoms with E-state index in [0.29, 0.717) is 17.9 Å². The van der Waals surface area contributed by atoms with E-state index < -0.39 is 12.2 Å². The zero-order valence-electron chi connectivity index (χ0n) is 11.5. The largest absolute Gasteiger partial charge is 0.392 e. The summed E-state index contributed by atoms with van der Waals surface area (Å²) in [6.45, 7) is 8.05. The predicted molar refractivity (Wildman–Crippen MR) is 73.1 cm³/mol. The molecular formula is C15H26O3. The molecule has 3 atom stereocenters. The van der Waals surface area contributed by atoms with Gasteiger partial charge in [-0.15, -0.1) is 0 Å². The second kappa shape index (κ2) is 7.07. The minimum atomic E-state index is -0.832. The van der Waals surface area contributed by atoms with E-state index >= 15 is 0 Å². The monoisotopic (exact) mass is 254 g/mol. The number of hydrogen-bond acceptors (Lipinski definition) is 3. The van der Waals surface area contributed by atoms with Gasteiger partial charge in [-0.3, -0.25) is 0 Å². The van der Waals surface area contributed by atoms with Gasteiger partial charge in [-0.1, -0.05) is 26.5 Å². The molecule has 1 aliphatic rings. The van der Waals surface area contributed by atoms with Gasteiger partial charge in [0.2, 0.25) is 0 Å². The molecule has 3 nitrogen and oxygen atoms in total. The van der Waals surface area contributed by atoms with Gasteiger partial charge >= 0.3 is 0 Å². The number of aliphatic hydroxyl groups is 3. The van der Waals surface area contributed by atoms with Gasteiger partial charge < -0.3 is 15.3 Å². The smallest absolute Gasteiger partial charge is 0.101 e. The van der Waals surface area contributed by atoms with Crippen molar-refractivity contribution in [3.05, 3.63) is 23.8 Å². The summed E-state index contributed by atoms with van der Waals surface area (Å²) >= 11 is 0. The van der Waals surface area contributed by atoms with Crippen LogP contribution in [-0.2, 0) is 0 Å². The van der Waals surface area contributed by atoms with Crippen LogP contribution in [0.15, 0.2) is 23.8 Å². The lowest BCUT2D eigenvalue weighted by Gasteiger charge is -2.31. The summed E-state index contributed by atoms with van der Waals surface area (Å²) in [5.74, 6) is 0.326. The molecule has 3 N–H and O–H groups in total. The maximum Gasteiger partial charge on any atom is 0.101 e. The second-order valence-electron chi connectivity index (χ2n) is 5.60. The highest BCUT2D eigenvalue weighted by molar-refractivity contribution is 5.11. The molecule has 0 aromatic rings. The van der Waals surface area contributed by atoms with Crippen LogP contribution in [0.25, 0.3) is 0 Å². The highest BCUT2D eigenvalue weighted by Crippen LogP contribution is 2.29. The average Bonchev–Trinajstić information content (AvgIpc) is 2.34. The molecule has 0 spiro atoms. The molecule has 0 aromatic carbocycles. The first-order valence-corrected chi connectivity index (χ1v) is 6.80. The Morgan fingerprint density at radius 2 is 2.00 bits per heavy atom. The first-order chi connectivity index (χ1) is 8.47. The molecule has 0 aromatic heterocycles. The average molecular weight is 254 g/mol. The molecule has 3 heteroatoms. The highest BCUT2D eigenvalue weighted by Gasteiger charge is 2.30. The van der Waals surface area contributed by atoms with E-state index in [1.165, 1.54) is 0 Å². The van der Waals surface area contributed by atoms with Crippen molar-refractivity contribution >= 4 is 0 Å². The van der Waals surface area contributed by atoms with Gasteiger partial charge in [0.05, 0.1) is 12.7 Å². The van der Waals surface area contributed by atoms with Crippen molar-refractivity contribution in [2.45, 2.75) is 51.7 Å². The summed E-state index contributed by atoms with van der Waals surface area (Å²) in [5, 5.41) is 29.6. The van der Waals surface area contributed by atoms with E-state index in [2.05, 4.69) is 20.4 Å². The van der Waals surface area contributed by atoms with E-state index in [0.717, 1.165) is 24.8 Å². The van der Waals surface area contributed by atoms with Gasteiger partial charge in [-0.25, -0.2) is 0 Å². The molecule has 1 rings (SSSR count). The van der Waals surface area contributed by atoms with Gasteiger partial charge in [-0.2, -0.15) is 0 Å². The van der Waals surface area contributed by atoms with Crippen LogP contribution in [0.5, 0.6) is 0 Å². The maximum absolute atomic E-state index is 10.3. The summed E-state index contributed by atoms with van der Waals surface area (Å²) in [6, 6.07) is 0. The third-order valence-corrected chi connectivity index (χ3v) is 3.94. The topological polar surface area (TPSA) is 60.7 Å². The molecule has 1 aliphatic carbocycles. The van der Waals surface area contributed by atoms with Crippen LogP contribution in [0.1, 0.15) is 39.5 Å². The van der Waals surface area contributed by atoms with Crippen LogP contribution < -0.4 is 0 Å². The Labute approximate surface area is 110 Å². The maximum atomic E-state index is 10.3. The number of aliphatic hydroxyl groups excluding tert-OH is 3. The SMILES string of the molecule is C=C1CC/C=C(\CO)CC[C@@H](C(C)C)[C@H](O)[C@@H]1O. The molecule has 0 radical (unpaired) electrons. The van der Waals surface area contributed by atoms with Crippen LogP contribution in [0.2, 0.25) is 0 Å². The molecule has 0 amide bonds. The molecule has 0 heterocycles. The lowest BCUT2D eigenvalue weighted by molar-refractivity contribution is -0.0165. The summed E-state index contributed by atoms with van der Waals surface area (Å²) in [4.78, 5) is 0. The number of rotatable bonds is 2. The summed E-state index contributed by atoms with van der Waals surface area (Å²) in [5.41, 5.74) is 1.71. The molecule has 0 saturated carbocycles. The molecule has 104 valence electrons. The molecular weight excluding hydrogens is 228 g/mol. The minimum Gasteiger partial charge on any atom is -0.392 e. The number of allylic oxidation sites excluding steroid dienone is 1. The molecule has 18 heavy (non-hydrogen) atoms. The van der Waals surface area contributed by atoms with Crippen LogP contribution in [0, 0.1) is 11.8 Å². The Morgan fingerprint density at radius 3 is 2.56 bits per heavy atom. The second-order valence-corrected chi connectivity index (χ2v) is 5.60. The fourth-order valence-corrected chi connectivity index (χ4v) is 2.58. The first kappa shape index (κ1) is 15.4. The van der Waals surface area contributed by atoms with Gasteiger partial charge in [0.1, 0.15) is 6.10 Å². The van der Waals surface area contributed by atoms with Crippen molar-refractivity contribution in [2.24, 2.45) is 11.8 Å². The normalized spacial score (nSPS) is 34.2. The zero-order valence-corrected chi connectivity index (χ0v) is 11.5. The molecule has 0 saturated heterocycles. The van der Waals surface area contributed by atoms with E-state index in [4.69, 9.17) is 0 Å². The predicted octanol–water partition coefficient (Wildman–Crippen LogP) is 2.03. The summed E-state index contributed by atoms with van der Waals surface area (Å²) in [6.07, 6.45) is 3.45. The Morgan fingerprint density at radius 1 is 1.33 bits per heavy atom. The van der Waals surface area contributed by atoms with Crippen LogP contribution in [-0.4, -0.2) is 34.1 Å². The molecule has 0 unspecified atom stereocenters. The Kier molecular flexibility index (Phi) is 6.06. The third-order valence-electron chi connectivity index (χ3n) is 3.94. The Balaban J connectivity index is 2.89. The van der Waals surface area contributed by atoms with Crippen molar-refractivity contribution < 1.29 is 15.3 Å². The van der Waals surface area contributed by atoms with Crippen molar-refractivity contribution in [1.82, 2.24) is 0 Å². The fourth-order valence-electron chi connectivity index (χ4n) is 2.58. The van der Waals surface area contributed by atoms with Gasteiger partial charge in [0.15, 0.2) is 0 Å². The standard InChI is InChI=1S/C15H26O3/c1-10(2)13-8-7-12(9-16)6-4-5-11(3)14(17)15(13)18/h6,10,13-18H,3-5,7-9H2,1-2H3/b12-6-/t13-,14+,15-/m0/s1. The summed E-state index contributed by atoms with van der Waals surface area (Å²) in [7, 11) is 0. The van der Waals surface area contributed by atoms with Gasteiger partial charge in [-0.05, 0) is 48.7 Å². The summed E-state index contributed by atoms with van der Waals surface area (Å²) < 4.78 is 0. The fraction of sp³-hybridized carbons (Fsp3) is 0.733. The molecule has 0 fully saturated rings. The van der Waals surface area contributed by atoms with E-state index in [9.17, 15) is 15.3 Å². The lowest BCUT2D eigenvalue weighted by Crippen LogP contribution is -2.37. The highest BCUT2D eigenvalue weighted by atomic mass is 16.3. The van der Waals surface area contributed by atoms with E-state index in [-0.39, 0.29) is 12.5 Å². The molecule has 0 bridgehead atoms. The van der Waals surface area contributed by atoms with E-state index in [1.54, 1.807) is 0 Å². The number of hydrogen-bond donors (Lipinski definition) is 3. The van der Waals surface area contributed by atoms with E-state index in [1.807, 2.05) is 6.08 Å². The van der Waals surface area contributed by atoms with Crippen LogP contribution >= 0.6 is 0 Å². The minimum absolute atomic E-state index is 0.0322. The third kappa shape index (κ3) is 3.94. The van der Waals surface area contributed by atoms with Crippen molar-refractivity contribution in [1.29, 1.82) is 0 Å². The Hall–Kier alpha value is -0.640. The quantitative estimate of drug-likeness (QED) is 0.661. The van der Waals surface area contributed by atoms with Crippen molar-refractivity contribution in [2.75, 3.05) is 6.61 Å². The van der Waals surface area contributed by atoms with Gasteiger partial charge in [0, 0.05) is 0 Å². The van der Waals surface area contributed by atoms with Crippen LogP contribution in [0.3, 0.4) is 0 Å². The van der Waals surface area contributed by atoms with Gasteiger partial charge in [0.25, 0.3) is 0 Å². The lowest BCUT2D eigenvalue weighted by atomic mass is 9.80. The van der Waals surface area contributed by atoms with Crippen molar-refractivity contribution in [3.63, 3.8) is 0 Å². The van der Waals surface area contributed by atoms with Crippen molar-refractivity contribution in [3.8, 4) is 0 Å². The zero-order chi connectivity index (χ0) is 13.7. The molecule has 0 aliphatic heterocycles. The van der Waals surface area contributed by atoms with Crippen LogP contribution in [0.4, 0.5) is 0 Å². The Bertz CT molecular complexity index is 307.